The summed E-state index contributed by atoms with van der Waals surface area (Å²) in [5, 5.41) is 0. The van der Waals surface area contributed by atoms with E-state index in [2.05, 4.69) is 15.9 Å². The van der Waals surface area contributed by atoms with E-state index < -0.39 is 15.9 Å². The topological polar surface area (TPSA) is 82.1 Å². The van der Waals surface area contributed by atoms with Gasteiger partial charge in [-0.25, -0.2) is 8.42 Å². The van der Waals surface area contributed by atoms with Crippen LogP contribution in [0.4, 0.5) is 5.69 Å². The predicted molar refractivity (Wildman–Crippen MR) is 130 cm³/mol. The van der Waals surface area contributed by atoms with Crippen LogP contribution >= 0.6 is 15.9 Å². The minimum absolute atomic E-state index is 0.0113. The van der Waals surface area contributed by atoms with E-state index in [1.165, 1.54) is 39.5 Å². The summed E-state index contributed by atoms with van der Waals surface area (Å²) in [7, 11) is 0.0142. The van der Waals surface area contributed by atoms with E-state index >= 15 is 0 Å². The number of aryl methyl sites for hydroxylation is 2. The molecule has 3 rings (SSSR count). The van der Waals surface area contributed by atoms with Gasteiger partial charge in [-0.05, 0) is 65.2 Å². The Labute approximate surface area is 202 Å². The van der Waals surface area contributed by atoms with Gasteiger partial charge in [-0.1, -0.05) is 30.3 Å². The molecular formula is C24H24BrNO6S. The van der Waals surface area contributed by atoms with Crippen molar-refractivity contribution < 1.29 is 27.4 Å². The van der Waals surface area contributed by atoms with Gasteiger partial charge in [0.25, 0.3) is 15.9 Å². The summed E-state index contributed by atoms with van der Waals surface area (Å²) in [6.45, 7) is 3.58. The molecule has 0 aliphatic rings. The fourth-order valence-corrected chi connectivity index (χ4v) is 5.48. The van der Waals surface area contributed by atoms with Crippen LogP contribution < -0.4 is 18.5 Å². The highest BCUT2D eigenvalue weighted by molar-refractivity contribution is 9.10. The fraction of sp³-hybridized carbons (Fsp3) is 0.208. The molecule has 0 aliphatic carbocycles. The summed E-state index contributed by atoms with van der Waals surface area (Å²) < 4.78 is 44.7. The molecule has 0 radical (unpaired) electrons. The smallest absolute Gasteiger partial charge is 0.273 e. The molecule has 3 aromatic rings. The molecular weight excluding hydrogens is 510 g/mol. The highest BCUT2D eigenvalue weighted by Gasteiger charge is 2.35. The lowest BCUT2D eigenvalue weighted by Crippen LogP contribution is -2.38. The van der Waals surface area contributed by atoms with Crippen LogP contribution in [0.2, 0.25) is 0 Å². The summed E-state index contributed by atoms with van der Waals surface area (Å²) in [5.74, 6) is -0.0801. The fourth-order valence-electron chi connectivity index (χ4n) is 3.37. The Balaban J connectivity index is 2.33. The highest BCUT2D eigenvalue weighted by atomic mass is 79.9. The largest absolute Gasteiger partial charge is 0.493 e. The van der Waals surface area contributed by atoms with Crippen molar-refractivity contribution in [2.75, 3.05) is 25.6 Å². The molecule has 7 nitrogen and oxygen atoms in total. The molecule has 0 saturated heterocycles. The number of carbonyl (C=O) groups excluding carboxylic acids is 1. The Hall–Kier alpha value is -3.04. The van der Waals surface area contributed by atoms with Crippen LogP contribution in [0.1, 0.15) is 21.5 Å². The summed E-state index contributed by atoms with van der Waals surface area (Å²) in [4.78, 5) is 13.9. The molecule has 0 atom stereocenters. The van der Waals surface area contributed by atoms with Gasteiger partial charge in [0.05, 0.1) is 41.9 Å². The van der Waals surface area contributed by atoms with E-state index in [0.29, 0.717) is 5.56 Å². The van der Waals surface area contributed by atoms with Crippen molar-refractivity contribution in [3.8, 4) is 17.2 Å². The lowest BCUT2D eigenvalue weighted by molar-refractivity contribution is 0.100. The van der Waals surface area contributed by atoms with Crippen molar-refractivity contribution in [2.45, 2.75) is 18.7 Å². The van der Waals surface area contributed by atoms with Crippen LogP contribution in [0, 0.1) is 13.8 Å². The van der Waals surface area contributed by atoms with Gasteiger partial charge in [0.1, 0.15) is 0 Å². The molecule has 0 N–H and O–H groups in total. The molecule has 0 spiro atoms. The van der Waals surface area contributed by atoms with E-state index in [4.69, 9.17) is 14.2 Å². The third-order valence-electron chi connectivity index (χ3n) is 5.05. The third kappa shape index (κ3) is 4.56. The Morgan fingerprint density at radius 3 is 2.09 bits per heavy atom. The number of hydrogen-bond acceptors (Lipinski definition) is 6. The first-order valence-electron chi connectivity index (χ1n) is 9.87. The Bertz CT molecular complexity index is 1290. The monoisotopic (exact) mass is 533 g/mol. The molecule has 0 aliphatic heterocycles. The first kappa shape index (κ1) is 24.6. The second kappa shape index (κ2) is 9.84. The maximum Gasteiger partial charge on any atom is 0.273 e. The lowest BCUT2D eigenvalue weighted by atomic mass is 10.1. The van der Waals surface area contributed by atoms with Crippen molar-refractivity contribution in [1.82, 2.24) is 0 Å². The first-order chi connectivity index (χ1) is 15.7. The number of rotatable bonds is 7. The second-order valence-electron chi connectivity index (χ2n) is 7.18. The molecule has 0 unspecified atom stereocenters. The molecule has 0 heterocycles. The number of amides is 1. The summed E-state index contributed by atoms with van der Waals surface area (Å²) in [5.41, 5.74) is 1.71. The summed E-state index contributed by atoms with van der Waals surface area (Å²) in [6.07, 6.45) is 0. The van der Waals surface area contributed by atoms with E-state index in [-0.39, 0.29) is 37.9 Å². The zero-order chi connectivity index (χ0) is 24.3. The van der Waals surface area contributed by atoms with Crippen LogP contribution in [-0.2, 0) is 10.0 Å². The van der Waals surface area contributed by atoms with Crippen LogP contribution in [0.15, 0.2) is 64.0 Å². The van der Waals surface area contributed by atoms with Gasteiger partial charge in [-0.2, -0.15) is 4.31 Å². The van der Waals surface area contributed by atoms with Gasteiger partial charge >= 0.3 is 0 Å². The van der Waals surface area contributed by atoms with Crippen molar-refractivity contribution in [1.29, 1.82) is 0 Å². The summed E-state index contributed by atoms with van der Waals surface area (Å²) in [6, 6.07) is 14.5. The third-order valence-corrected chi connectivity index (χ3v) is 7.55. The van der Waals surface area contributed by atoms with Crippen molar-refractivity contribution in [2.24, 2.45) is 0 Å². The number of hydrogen-bond donors (Lipinski definition) is 0. The Morgan fingerprint density at radius 1 is 0.879 bits per heavy atom. The van der Waals surface area contributed by atoms with Crippen LogP contribution in [0.3, 0.4) is 0 Å². The molecule has 9 heteroatoms. The maximum atomic E-state index is 14.0. The molecule has 0 aromatic heterocycles. The average molecular weight is 534 g/mol. The molecule has 0 bridgehead atoms. The number of methoxy groups -OCH3 is 3. The number of anilines is 1. The first-order valence-corrected chi connectivity index (χ1v) is 12.1. The molecule has 0 saturated carbocycles. The molecule has 3 aromatic carbocycles. The van der Waals surface area contributed by atoms with E-state index in [9.17, 15) is 13.2 Å². The minimum atomic E-state index is -4.26. The van der Waals surface area contributed by atoms with Gasteiger partial charge in [0.15, 0.2) is 11.5 Å². The average Bonchev–Trinajstić information content (AvgIpc) is 2.81. The van der Waals surface area contributed by atoms with Gasteiger partial charge in [0, 0.05) is 0 Å². The summed E-state index contributed by atoms with van der Waals surface area (Å²) >= 11 is 3.39. The molecule has 33 heavy (non-hydrogen) atoms. The highest BCUT2D eigenvalue weighted by Crippen LogP contribution is 2.45. The number of halogens is 1. The maximum absolute atomic E-state index is 14.0. The Kier molecular flexibility index (Phi) is 7.34. The number of sulfonamides is 1. The molecule has 0 fully saturated rings. The number of nitrogens with zero attached hydrogens (tertiary/aromatic N) is 1. The van der Waals surface area contributed by atoms with Gasteiger partial charge in [-0.3, -0.25) is 4.79 Å². The quantitative estimate of drug-likeness (QED) is 0.418. The SMILES string of the molecule is COc1cc(C(=O)N(c2cc(C)ccc2C)S(=O)(=O)c2ccccc2)c(Br)c(OC)c1OC. The van der Waals surface area contributed by atoms with Gasteiger partial charge in [-0.15, -0.1) is 0 Å². The zero-order valence-electron chi connectivity index (χ0n) is 18.9. The Morgan fingerprint density at radius 2 is 1.52 bits per heavy atom. The van der Waals surface area contributed by atoms with Crippen LogP contribution in [-0.4, -0.2) is 35.7 Å². The van der Waals surface area contributed by atoms with Crippen molar-refractivity contribution >= 4 is 37.5 Å². The number of carbonyl (C=O) groups is 1. The standard InChI is InChI=1S/C24H24BrNO6S/c1-15-11-12-16(2)19(13-15)26(33(28,29)17-9-7-6-8-10-17)24(27)18-14-20(30-3)22(31-4)23(32-5)21(18)25/h6-14H,1-5H3. The van der Waals surface area contributed by atoms with Gasteiger partial charge < -0.3 is 14.2 Å². The number of benzene rings is 3. The molecule has 1 amide bonds. The normalized spacial score (nSPS) is 11.1. The van der Waals surface area contributed by atoms with Gasteiger partial charge in [0.2, 0.25) is 5.75 Å². The van der Waals surface area contributed by atoms with Crippen LogP contribution in [0.25, 0.3) is 0 Å². The van der Waals surface area contributed by atoms with E-state index in [1.807, 2.05) is 13.0 Å². The van der Waals surface area contributed by atoms with E-state index in [0.717, 1.165) is 9.87 Å². The number of ether oxygens (including phenoxy) is 3. The van der Waals surface area contributed by atoms with E-state index in [1.54, 1.807) is 37.3 Å². The zero-order valence-corrected chi connectivity index (χ0v) is 21.3. The molecule has 174 valence electrons. The van der Waals surface area contributed by atoms with Crippen molar-refractivity contribution in [3.05, 3.63) is 75.8 Å². The second-order valence-corrected chi connectivity index (χ2v) is 9.76. The van der Waals surface area contributed by atoms with Crippen LogP contribution in [0.5, 0.6) is 17.2 Å². The predicted octanol–water partition coefficient (Wildman–Crippen LogP) is 5.13. The lowest BCUT2D eigenvalue weighted by Gasteiger charge is -2.26. The van der Waals surface area contributed by atoms with Crippen molar-refractivity contribution in [3.63, 3.8) is 0 Å². The minimum Gasteiger partial charge on any atom is -0.493 e.